The van der Waals surface area contributed by atoms with Crippen molar-refractivity contribution >= 4 is 17.7 Å². The van der Waals surface area contributed by atoms with E-state index in [1.54, 1.807) is 37.3 Å². The van der Waals surface area contributed by atoms with Crippen molar-refractivity contribution in [3.05, 3.63) is 42.1 Å². The summed E-state index contributed by atoms with van der Waals surface area (Å²) < 4.78 is 4.56. The van der Waals surface area contributed by atoms with Gasteiger partial charge in [0.1, 0.15) is 0 Å². The fourth-order valence-electron chi connectivity index (χ4n) is 1.13. The summed E-state index contributed by atoms with van der Waals surface area (Å²) >= 11 is 0. The topological polar surface area (TPSA) is 67.4 Å². The van der Waals surface area contributed by atoms with Gasteiger partial charge in [-0.3, -0.25) is 0 Å². The Hall–Kier alpha value is -2.30. The van der Waals surface area contributed by atoms with Crippen LogP contribution in [0.3, 0.4) is 0 Å². The summed E-state index contributed by atoms with van der Waals surface area (Å²) in [6, 6.07) is 6.07. The molecule has 0 saturated carbocycles. The van der Waals surface area contributed by atoms with Gasteiger partial charge in [0.2, 0.25) is 0 Å². The van der Waals surface area contributed by atoms with Crippen molar-refractivity contribution in [1.29, 1.82) is 0 Å². The molecule has 1 aromatic carbocycles. The van der Waals surface area contributed by atoms with E-state index < -0.39 is 5.97 Å². The zero-order valence-electron chi connectivity index (χ0n) is 9.69. The molecule has 0 saturated heterocycles. The van der Waals surface area contributed by atoms with Gasteiger partial charge in [-0.15, -0.1) is 0 Å². The van der Waals surface area contributed by atoms with E-state index in [1.165, 1.54) is 13.3 Å². The van der Waals surface area contributed by atoms with Crippen LogP contribution in [0.5, 0.6) is 0 Å². The van der Waals surface area contributed by atoms with Gasteiger partial charge in [-0.2, -0.15) is 0 Å². The fraction of sp³-hybridized carbons (Fsp3) is 0.167. The van der Waals surface area contributed by atoms with Gasteiger partial charge < -0.3 is 15.4 Å². The Morgan fingerprint density at radius 2 is 1.88 bits per heavy atom. The lowest BCUT2D eigenvalue weighted by atomic mass is 10.2. The molecule has 0 aliphatic carbocycles. The number of anilines is 1. The Bertz CT molecular complexity index is 424. The third-order valence-corrected chi connectivity index (χ3v) is 1.94. The molecular weight excluding hydrogens is 220 g/mol. The van der Waals surface area contributed by atoms with Gasteiger partial charge in [-0.25, -0.2) is 9.59 Å². The van der Waals surface area contributed by atoms with Crippen LogP contribution in [0.4, 0.5) is 10.5 Å². The van der Waals surface area contributed by atoms with Crippen LogP contribution in [0.1, 0.15) is 17.3 Å². The second-order valence-electron chi connectivity index (χ2n) is 3.17. The first kappa shape index (κ1) is 12.8. The summed E-state index contributed by atoms with van der Waals surface area (Å²) in [5.41, 5.74) is 1.03. The SMILES string of the molecule is C/C=C/NC(=O)Nc1ccc(C(=O)OC)cc1. The Kier molecular flexibility index (Phi) is 4.75. The fourth-order valence-corrected chi connectivity index (χ4v) is 1.13. The van der Waals surface area contributed by atoms with E-state index in [4.69, 9.17) is 0 Å². The summed E-state index contributed by atoms with van der Waals surface area (Å²) in [4.78, 5) is 22.4. The zero-order valence-corrected chi connectivity index (χ0v) is 9.69. The van der Waals surface area contributed by atoms with Crippen molar-refractivity contribution in [3.63, 3.8) is 0 Å². The van der Waals surface area contributed by atoms with Crippen LogP contribution >= 0.6 is 0 Å². The molecule has 2 N–H and O–H groups in total. The smallest absolute Gasteiger partial charge is 0.337 e. The van der Waals surface area contributed by atoms with E-state index >= 15 is 0 Å². The summed E-state index contributed by atoms with van der Waals surface area (Å²) in [5, 5.41) is 5.11. The molecule has 5 nitrogen and oxygen atoms in total. The molecule has 0 aliphatic heterocycles. The highest BCUT2D eigenvalue weighted by molar-refractivity contribution is 5.92. The standard InChI is InChI=1S/C12H14N2O3/c1-3-8-13-12(16)14-10-6-4-9(5-7-10)11(15)17-2/h3-8H,1-2H3,(H2,13,14,16)/b8-3+. The van der Waals surface area contributed by atoms with E-state index in [0.717, 1.165) is 0 Å². The molecule has 0 radical (unpaired) electrons. The van der Waals surface area contributed by atoms with Crippen LogP contribution in [0.15, 0.2) is 36.5 Å². The molecule has 2 amide bonds. The number of allylic oxidation sites excluding steroid dienone is 1. The number of nitrogens with one attached hydrogen (secondary N) is 2. The zero-order chi connectivity index (χ0) is 12.7. The molecule has 0 fully saturated rings. The normalized spacial score (nSPS) is 10.0. The molecule has 0 aliphatic rings. The number of amides is 2. The number of hydrogen-bond acceptors (Lipinski definition) is 3. The third-order valence-electron chi connectivity index (χ3n) is 1.94. The van der Waals surface area contributed by atoms with Gasteiger partial charge in [0.15, 0.2) is 0 Å². The predicted molar refractivity (Wildman–Crippen MR) is 64.7 cm³/mol. The Labute approximate surface area is 99.5 Å². The van der Waals surface area contributed by atoms with Crippen LogP contribution in [0.2, 0.25) is 0 Å². The first-order chi connectivity index (χ1) is 8.17. The average Bonchev–Trinajstić information content (AvgIpc) is 2.36. The van der Waals surface area contributed by atoms with Crippen molar-refractivity contribution in [2.75, 3.05) is 12.4 Å². The van der Waals surface area contributed by atoms with E-state index in [1.807, 2.05) is 0 Å². The summed E-state index contributed by atoms with van der Waals surface area (Å²) in [6.45, 7) is 1.80. The second-order valence-corrected chi connectivity index (χ2v) is 3.17. The van der Waals surface area contributed by atoms with Gasteiger partial charge >= 0.3 is 12.0 Å². The Morgan fingerprint density at radius 3 is 2.41 bits per heavy atom. The van der Waals surface area contributed by atoms with E-state index in [-0.39, 0.29) is 6.03 Å². The van der Waals surface area contributed by atoms with Gasteiger partial charge in [-0.1, -0.05) is 6.08 Å². The molecule has 5 heteroatoms. The number of carbonyl (C=O) groups is 2. The highest BCUT2D eigenvalue weighted by Gasteiger charge is 2.05. The number of hydrogen-bond donors (Lipinski definition) is 2. The molecule has 17 heavy (non-hydrogen) atoms. The van der Waals surface area contributed by atoms with Crippen LogP contribution in [-0.2, 0) is 4.74 Å². The highest BCUT2D eigenvalue weighted by atomic mass is 16.5. The van der Waals surface area contributed by atoms with Crippen LogP contribution < -0.4 is 10.6 Å². The number of ether oxygens (including phenoxy) is 1. The van der Waals surface area contributed by atoms with Gasteiger partial charge in [0, 0.05) is 11.9 Å². The van der Waals surface area contributed by atoms with E-state index in [2.05, 4.69) is 15.4 Å². The van der Waals surface area contributed by atoms with Crippen molar-refractivity contribution in [2.45, 2.75) is 6.92 Å². The highest BCUT2D eigenvalue weighted by Crippen LogP contribution is 2.10. The molecule has 0 heterocycles. The molecule has 0 aromatic heterocycles. The second kappa shape index (κ2) is 6.32. The number of esters is 1. The molecule has 0 bridgehead atoms. The minimum Gasteiger partial charge on any atom is -0.465 e. The molecule has 1 rings (SSSR count). The van der Waals surface area contributed by atoms with Gasteiger partial charge in [0.25, 0.3) is 0 Å². The monoisotopic (exact) mass is 234 g/mol. The molecule has 1 aromatic rings. The minimum atomic E-state index is -0.407. The molecule has 90 valence electrons. The number of benzene rings is 1. The lowest BCUT2D eigenvalue weighted by Gasteiger charge is -2.05. The maximum atomic E-state index is 11.3. The number of methoxy groups -OCH3 is 1. The Balaban J connectivity index is 2.62. The number of rotatable bonds is 3. The van der Waals surface area contributed by atoms with Crippen molar-refractivity contribution in [2.24, 2.45) is 0 Å². The van der Waals surface area contributed by atoms with Crippen molar-refractivity contribution in [3.8, 4) is 0 Å². The van der Waals surface area contributed by atoms with Crippen molar-refractivity contribution in [1.82, 2.24) is 5.32 Å². The summed E-state index contributed by atoms with van der Waals surface area (Å²) in [7, 11) is 1.32. The van der Waals surface area contributed by atoms with Gasteiger partial charge in [0.05, 0.1) is 12.7 Å². The quantitative estimate of drug-likeness (QED) is 0.787. The first-order valence-electron chi connectivity index (χ1n) is 5.04. The predicted octanol–water partition coefficient (Wildman–Crippen LogP) is 2.13. The summed E-state index contributed by atoms with van der Waals surface area (Å²) in [5.74, 6) is -0.407. The summed E-state index contributed by atoms with van der Waals surface area (Å²) in [6.07, 6.45) is 3.23. The third kappa shape index (κ3) is 3.98. The van der Waals surface area contributed by atoms with Crippen LogP contribution in [0, 0.1) is 0 Å². The van der Waals surface area contributed by atoms with Crippen LogP contribution in [-0.4, -0.2) is 19.1 Å². The number of urea groups is 1. The largest absolute Gasteiger partial charge is 0.465 e. The molecule has 0 unspecified atom stereocenters. The lowest BCUT2D eigenvalue weighted by Crippen LogP contribution is -2.23. The van der Waals surface area contributed by atoms with Crippen molar-refractivity contribution < 1.29 is 14.3 Å². The Morgan fingerprint density at radius 1 is 1.24 bits per heavy atom. The number of carbonyl (C=O) groups excluding carboxylic acids is 2. The molecule has 0 atom stereocenters. The minimum absolute atomic E-state index is 0.339. The molecule has 0 spiro atoms. The van der Waals surface area contributed by atoms with E-state index in [0.29, 0.717) is 11.3 Å². The van der Waals surface area contributed by atoms with E-state index in [9.17, 15) is 9.59 Å². The first-order valence-corrected chi connectivity index (χ1v) is 5.04. The maximum Gasteiger partial charge on any atom is 0.337 e. The van der Waals surface area contributed by atoms with Gasteiger partial charge in [-0.05, 0) is 31.2 Å². The average molecular weight is 234 g/mol. The van der Waals surface area contributed by atoms with Crippen LogP contribution in [0.25, 0.3) is 0 Å². The maximum absolute atomic E-state index is 11.3. The molecular formula is C12H14N2O3. The lowest BCUT2D eigenvalue weighted by molar-refractivity contribution is 0.0601.